The third kappa shape index (κ3) is 2.78. The van der Waals surface area contributed by atoms with E-state index in [1.807, 2.05) is 6.92 Å². The van der Waals surface area contributed by atoms with Gasteiger partial charge in [0.2, 0.25) is 0 Å². The van der Waals surface area contributed by atoms with Gasteiger partial charge < -0.3 is 10.6 Å². The summed E-state index contributed by atoms with van der Waals surface area (Å²) in [7, 11) is 4.32. The average Bonchev–Trinajstić information content (AvgIpc) is 2.26. The van der Waals surface area contributed by atoms with Crippen molar-refractivity contribution in [2.24, 2.45) is 11.7 Å². The van der Waals surface area contributed by atoms with Crippen molar-refractivity contribution in [3.63, 3.8) is 0 Å². The van der Waals surface area contributed by atoms with Crippen LogP contribution >= 0.6 is 0 Å². The maximum atomic E-state index is 6.37. The summed E-state index contributed by atoms with van der Waals surface area (Å²) in [6, 6.07) is 0.183. The van der Waals surface area contributed by atoms with Crippen molar-refractivity contribution >= 4 is 0 Å². The first-order valence-corrected chi connectivity index (χ1v) is 6.35. The Kier molecular flexibility index (Phi) is 4.83. The molecule has 0 aromatic rings. The standard InChI is InChI=1S/C14H26N2/c1-5-6-7-13(15)14(16(3)4)10-8-12(2)9-11-14/h12-13H,7-11,15H2,1-4H3. The van der Waals surface area contributed by atoms with E-state index in [4.69, 9.17) is 5.73 Å². The van der Waals surface area contributed by atoms with E-state index in [0.29, 0.717) is 0 Å². The van der Waals surface area contributed by atoms with E-state index < -0.39 is 0 Å². The highest BCUT2D eigenvalue weighted by molar-refractivity contribution is 5.07. The Morgan fingerprint density at radius 3 is 2.38 bits per heavy atom. The second-order valence-electron chi connectivity index (χ2n) is 5.42. The molecule has 1 saturated carbocycles. The highest BCUT2D eigenvalue weighted by Crippen LogP contribution is 2.37. The largest absolute Gasteiger partial charge is 0.325 e. The lowest BCUT2D eigenvalue weighted by molar-refractivity contribution is 0.0583. The number of hydrogen-bond donors (Lipinski definition) is 1. The molecule has 2 N–H and O–H groups in total. The van der Waals surface area contributed by atoms with Crippen molar-refractivity contribution in [2.45, 2.75) is 57.5 Å². The van der Waals surface area contributed by atoms with E-state index in [-0.39, 0.29) is 11.6 Å². The van der Waals surface area contributed by atoms with Crippen molar-refractivity contribution in [1.29, 1.82) is 0 Å². The molecular formula is C14H26N2. The van der Waals surface area contributed by atoms with E-state index in [1.54, 1.807) is 0 Å². The zero-order chi connectivity index (χ0) is 12.2. The lowest BCUT2D eigenvalue weighted by Gasteiger charge is -2.48. The molecule has 1 aliphatic rings. The van der Waals surface area contributed by atoms with Gasteiger partial charge in [-0.2, -0.15) is 0 Å². The molecular weight excluding hydrogens is 196 g/mol. The summed E-state index contributed by atoms with van der Waals surface area (Å²) in [5.41, 5.74) is 6.55. The van der Waals surface area contributed by atoms with Crippen LogP contribution in [0.5, 0.6) is 0 Å². The van der Waals surface area contributed by atoms with Crippen LogP contribution in [0.25, 0.3) is 0 Å². The zero-order valence-electron chi connectivity index (χ0n) is 11.2. The summed E-state index contributed by atoms with van der Waals surface area (Å²) in [5, 5.41) is 0. The number of rotatable bonds is 3. The van der Waals surface area contributed by atoms with Crippen molar-refractivity contribution in [2.75, 3.05) is 14.1 Å². The van der Waals surface area contributed by atoms with Gasteiger partial charge in [0.1, 0.15) is 0 Å². The van der Waals surface area contributed by atoms with Crippen LogP contribution in [0.2, 0.25) is 0 Å². The molecule has 0 aliphatic heterocycles. The predicted molar refractivity (Wildman–Crippen MR) is 70.1 cm³/mol. The summed E-state index contributed by atoms with van der Waals surface area (Å²) in [6.45, 7) is 4.23. The second kappa shape index (κ2) is 5.70. The van der Waals surface area contributed by atoms with Gasteiger partial charge in [0, 0.05) is 18.0 Å². The van der Waals surface area contributed by atoms with Gasteiger partial charge in [-0.25, -0.2) is 0 Å². The Hall–Kier alpha value is -0.520. The molecule has 16 heavy (non-hydrogen) atoms. The molecule has 0 aromatic carbocycles. The van der Waals surface area contributed by atoms with Crippen LogP contribution in [-0.2, 0) is 0 Å². The Balaban J connectivity index is 2.75. The van der Waals surface area contributed by atoms with Crippen molar-refractivity contribution in [1.82, 2.24) is 4.90 Å². The van der Waals surface area contributed by atoms with Crippen molar-refractivity contribution in [3.05, 3.63) is 0 Å². The Bertz CT molecular complexity index is 264. The summed E-state index contributed by atoms with van der Waals surface area (Å²) >= 11 is 0. The highest BCUT2D eigenvalue weighted by Gasteiger charge is 2.40. The second-order valence-corrected chi connectivity index (χ2v) is 5.42. The molecule has 0 bridgehead atoms. The number of hydrogen-bond acceptors (Lipinski definition) is 2. The molecule has 0 aromatic heterocycles. The van der Waals surface area contributed by atoms with E-state index in [1.165, 1.54) is 25.7 Å². The summed E-state index contributed by atoms with van der Waals surface area (Å²) in [6.07, 6.45) is 5.85. The van der Waals surface area contributed by atoms with Gasteiger partial charge in [0.05, 0.1) is 0 Å². The SMILES string of the molecule is CC#CCC(N)C1(N(C)C)CCC(C)CC1. The number of nitrogens with two attached hydrogens (primary N) is 1. The molecule has 0 heterocycles. The molecule has 1 atom stereocenters. The zero-order valence-corrected chi connectivity index (χ0v) is 11.2. The van der Waals surface area contributed by atoms with Crippen LogP contribution in [-0.4, -0.2) is 30.6 Å². The fourth-order valence-electron chi connectivity index (χ4n) is 2.81. The first kappa shape index (κ1) is 13.5. The molecule has 1 aliphatic carbocycles. The summed E-state index contributed by atoms with van der Waals surface area (Å²) < 4.78 is 0. The lowest BCUT2D eigenvalue weighted by atomic mass is 9.71. The minimum absolute atomic E-state index is 0.177. The van der Waals surface area contributed by atoms with Crippen molar-refractivity contribution in [3.8, 4) is 11.8 Å². The van der Waals surface area contributed by atoms with Crippen LogP contribution in [0, 0.1) is 17.8 Å². The van der Waals surface area contributed by atoms with Gasteiger partial charge >= 0.3 is 0 Å². The minimum atomic E-state index is 0.177. The van der Waals surface area contributed by atoms with Crippen LogP contribution < -0.4 is 5.73 Å². The topological polar surface area (TPSA) is 29.3 Å². The van der Waals surface area contributed by atoms with Crippen LogP contribution in [0.3, 0.4) is 0 Å². The number of nitrogens with zero attached hydrogens (tertiary/aromatic N) is 1. The quantitative estimate of drug-likeness (QED) is 0.742. The molecule has 1 rings (SSSR count). The first-order chi connectivity index (χ1) is 7.53. The lowest BCUT2D eigenvalue weighted by Crippen LogP contribution is -2.58. The molecule has 0 amide bonds. The fraction of sp³-hybridized carbons (Fsp3) is 0.857. The Labute approximate surface area is 101 Å². The molecule has 1 fully saturated rings. The first-order valence-electron chi connectivity index (χ1n) is 6.35. The van der Waals surface area contributed by atoms with E-state index in [2.05, 4.69) is 37.8 Å². The van der Waals surface area contributed by atoms with Gasteiger partial charge in [-0.1, -0.05) is 6.92 Å². The number of likely N-dealkylation sites (N-methyl/N-ethyl adjacent to an activating group) is 1. The maximum absolute atomic E-state index is 6.37. The van der Waals surface area contributed by atoms with Gasteiger partial charge in [-0.15, -0.1) is 11.8 Å². The van der Waals surface area contributed by atoms with Crippen molar-refractivity contribution < 1.29 is 0 Å². The van der Waals surface area contributed by atoms with Crippen LogP contribution in [0.15, 0.2) is 0 Å². The van der Waals surface area contributed by atoms with E-state index in [9.17, 15) is 0 Å². The predicted octanol–water partition coefficient (Wildman–Crippen LogP) is 2.24. The maximum Gasteiger partial charge on any atom is 0.0363 e. The van der Waals surface area contributed by atoms with E-state index in [0.717, 1.165) is 12.3 Å². The molecule has 1 unspecified atom stereocenters. The monoisotopic (exact) mass is 222 g/mol. The molecule has 0 spiro atoms. The summed E-state index contributed by atoms with van der Waals surface area (Å²) in [4.78, 5) is 2.33. The Morgan fingerprint density at radius 1 is 1.38 bits per heavy atom. The molecule has 0 saturated heterocycles. The highest BCUT2D eigenvalue weighted by atomic mass is 15.2. The molecule has 2 nitrogen and oxygen atoms in total. The van der Waals surface area contributed by atoms with E-state index >= 15 is 0 Å². The Morgan fingerprint density at radius 2 is 1.94 bits per heavy atom. The average molecular weight is 222 g/mol. The minimum Gasteiger partial charge on any atom is -0.325 e. The molecule has 0 radical (unpaired) electrons. The smallest absolute Gasteiger partial charge is 0.0363 e. The van der Waals surface area contributed by atoms with Gasteiger partial charge in [0.25, 0.3) is 0 Å². The molecule has 92 valence electrons. The third-order valence-electron chi connectivity index (χ3n) is 4.22. The van der Waals surface area contributed by atoms with Gasteiger partial charge in [-0.3, -0.25) is 0 Å². The normalized spacial score (nSPS) is 32.0. The van der Waals surface area contributed by atoms with Crippen LogP contribution in [0.1, 0.15) is 46.0 Å². The fourth-order valence-corrected chi connectivity index (χ4v) is 2.81. The summed E-state index contributed by atoms with van der Waals surface area (Å²) in [5.74, 6) is 6.95. The molecule has 2 heteroatoms. The third-order valence-corrected chi connectivity index (χ3v) is 4.22. The van der Waals surface area contributed by atoms with Gasteiger partial charge in [0.15, 0.2) is 0 Å². The van der Waals surface area contributed by atoms with Crippen LogP contribution in [0.4, 0.5) is 0 Å². The van der Waals surface area contributed by atoms with Gasteiger partial charge in [-0.05, 0) is 52.6 Å².